The zero-order valence-electron chi connectivity index (χ0n) is 8.96. The lowest BCUT2D eigenvalue weighted by Gasteiger charge is -2.19. The lowest BCUT2D eigenvalue weighted by molar-refractivity contribution is 0.493. The third kappa shape index (κ3) is 2.56. The summed E-state index contributed by atoms with van der Waals surface area (Å²) in [5.74, 6) is 1.16. The molecule has 0 amide bonds. The number of hydrogen-bond donors (Lipinski definition) is 1. The quantitative estimate of drug-likeness (QED) is 0.764. The summed E-state index contributed by atoms with van der Waals surface area (Å²) in [5, 5.41) is 3.14. The smallest absolute Gasteiger partial charge is 0.114 e. The third-order valence-electron chi connectivity index (χ3n) is 1.99. The summed E-state index contributed by atoms with van der Waals surface area (Å²) in [6.45, 7) is 8.53. The molecule has 0 saturated heterocycles. The van der Waals surface area contributed by atoms with E-state index in [1.165, 1.54) is 0 Å². The number of nitrogens with one attached hydrogen (secondary N) is 1. The van der Waals surface area contributed by atoms with Crippen molar-refractivity contribution in [3.8, 4) is 0 Å². The zero-order valence-corrected chi connectivity index (χ0v) is 8.96. The second kappa shape index (κ2) is 3.92. The monoisotopic (exact) mass is 181 g/mol. The second-order valence-corrected chi connectivity index (χ2v) is 4.30. The van der Waals surface area contributed by atoms with Crippen LogP contribution in [-0.2, 0) is 12.0 Å². The van der Waals surface area contributed by atoms with Crippen LogP contribution in [0.5, 0.6) is 0 Å². The standard InChI is InChI=1S/C10H19N3/c1-10(2,3)9-12-6-8-13(9)7-5-11-4/h6,8,11H,5,7H2,1-4H3. The Bertz CT molecular complexity index is 257. The summed E-state index contributed by atoms with van der Waals surface area (Å²) in [4.78, 5) is 4.38. The number of rotatable bonds is 3. The number of aromatic nitrogens is 2. The van der Waals surface area contributed by atoms with Gasteiger partial charge in [-0.2, -0.15) is 0 Å². The Kier molecular flexibility index (Phi) is 3.09. The molecule has 1 rings (SSSR count). The number of imidazole rings is 1. The Hall–Kier alpha value is -0.830. The Balaban J connectivity index is 2.77. The molecule has 3 nitrogen and oxygen atoms in total. The lowest BCUT2D eigenvalue weighted by Crippen LogP contribution is -2.22. The van der Waals surface area contributed by atoms with Crippen LogP contribution < -0.4 is 5.32 Å². The van der Waals surface area contributed by atoms with Crippen molar-refractivity contribution in [2.24, 2.45) is 0 Å². The van der Waals surface area contributed by atoms with Crippen molar-refractivity contribution in [3.63, 3.8) is 0 Å². The maximum absolute atomic E-state index is 4.38. The van der Waals surface area contributed by atoms with Crippen LogP contribution in [0.15, 0.2) is 12.4 Å². The van der Waals surface area contributed by atoms with Crippen molar-refractivity contribution in [3.05, 3.63) is 18.2 Å². The molecule has 0 aliphatic rings. The Labute approximate surface area is 80.2 Å². The highest BCUT2D eigenvalue weighted by molar-refractivity contribution is 5.04. The third-order valence-corrected chi connectivity index (χ3v) is 1.99. The SMILES string of the molecule is CNCCn1ccnc1C(C)(C)C. The molecule has 1 aromatic rings. The first-order chi connectivity index (χ1) is 6.05. The number of hydrogen-bond acceptors (Lipinski definition) is 2. The molecular weight excluding hydrogens is 162 g/mol. The van der Waals surface area contributed by atoms with E-state index >= 15 is 0 Å². The fraction of sp³-hybridized carbons (Fsp3) is 0.700. The minimum Gasteiger partial charge on any atom is -0.333 e. The Morgan fingerprint density at radius 1 is 1.46 bits per heavy atom. The summed E-state index contributed by atoms with van der Waals surface area (Å²) in [6.07, 6.45) is 3.91. The molecule has 0 bridgehead atoms. The van der Waals surface area contributed by atoms with E-state index in [0.717, 1.165) is 18.9 Å². The minimum atomic E-state index is 0.136. The van der Waals surface area contributed by atoms with Gasteiger partial charge in [0.05, 0.1) is 0 Å². The molecule has 0 aliphatic heterocycles. The molecule has 0 saturated carbocycles. The molecule has 0 fully saturated rings. The van der Waals surface area contributed by atoms with Gasteiger partial charge in [0.25, 0.3) is 0 Å². The molecule has 1 heterocycles. The Morgan fingerprint density at radius 2 is 2.15 bits per heavy atom. The van der Waals surface area contributed by atoms with Crippen LogP contribution >= 0.6 is 0 Å². The first-order valence-corrected chi connectivity index (χ1v) is 4.72. The largest absolute Gasteiger partial charge is 0.333 e. The number of likely N-dealkylation sites (N-methyl/N-ethyl adjacent to an activating group) is 1. The molecule has 3 heteroatoms. The normalized spacial score (nSPS) is 12.0. The molecule has 0 unspecified atom stereocenters. The van der Waals surface area contributed by atoms with E-state index in [2.05, 4.69) is 35.6 Å². The molecule has 0 spiro atoms. The van der Waals surface area contributed by atoms with Gasteiger partial charge < -0.3 is 9.88 Å². The first-order valence-electron chi connectivity index (χ1n) is 4.72. The summed E-state index contributed by atoms with van der Waals surface area (Å²) in [6, 6.07) is 0. The highest BCUT2D eigenvalue weighted by Crippen LogP contribution is 2.19. The fourth-order valence-corrected chi connectivity index (χ4v) is 1.37. The maximum atomic E-state index is 4.38. The molecule has 0 aliphatic carbocycles. The van der Waals surface area contributed by atoms with E-state index < -0.39 is 0 Å². The first kappa shape index (κ1) is 10.3. The van der Waals surface area contributed by atoms with Crippen LogP contribution in [0.4, 0.5) is 0 Å². The van der Waals surface area contributed by atoms with Crippen molar-refractivity contribution in [2.75, 3.05) is 13.6 Å². The predicted octanol–water partition coefficient (Wildman–Crippen LogP) is 1.40. The lowest BCUT2D eigenvalue weighted by atomic mass is 9.96. The van der Waals surface area contributed by atoms with Gasteiger partial charge in [-0.1, -0.05) is 20.8 Å². The predicted molar refractivity (Wildman–Crippen MR) is 54.9 cm³/mol. The molecule has 0 radical (unpaired) electrons. The van der Waals surface area contributed by atoms with Gasteiger partial charge in [0, 0.05) is 30.9 Å². The van der Waals surface area contributed by atoms with Crippen LogP contribution in [0.25, 0.3) is 0 Å². The zero-order chi connectivity index (χ0) is 9.90. The van der Waals surface area contributed by atoms with Gasteiger partial charge in [-0.3, -0.25) is 0 Å². The number of nitrogens with zero attached hydrogens (tertiary/aromatic N) is 2. The van der Waals surface area contributed by atoms with Gasteiger partial charge in [0.1, 0.15) is 5.82 Å². The van der Waals surface area contributed by atoms with E-state index in [0.29, 0.717) is 0 Å². The van der Waals surface area contributed by atoms with E-state index in [4.69, 9.17) is 0 Å². The molecular formula is C10H19N3. The molecule has 74 valence electrons. The van der Waals surface area contributed by atoms with Crippen LogP contribution in [0, 0.1) is 0 Å². The summed E-state index contributed by atoms with van der Waals surface area (Å²) >= 11 is 0. The van der Waals surface area contributed by atoms with E-state index in [1.54, 1.807) is 0 Å². The van der Waals surface area contributed by atoms with Crippen LogP contribution in [0.3, 0.4) is 0 Å². The minimum absolute atomic E-state index is 0.136. The average molecular weight is 181 g/mol. The maximum Gasteiger partial charge on any atom is 0.114 e. The van der Waals surface area contributed by atoms with Crippen molar-refractivity contribution in [1.29, 1.82) is 0 Å². The van der Waals surface area contributed by atoms with Gasteiger partial charge >= 0.3 is 0 Å². The Morgan fingerprint density at radius 3 is 2.69 bits per heavy atom. The van der Waals surface area contributed by atoms with Crippen molar-refractivity contribution >= 4 is 0 Å². The van der Waals surface area contributed by atoms with Gasteiger partial charge in [-0.05, 0) is 7.05 Å². The second-order valence-electron chi connectivity index (χ2n) is 4.30. The summed E-state index contributed by atoms with van der Waals surface area (Å²) in [5.41, 5.74) is 0.136. The van der Waals surface area contributed by atoms with Crippen molar-refractivity contribution in [1.82, 2.24) is 14.9 Å². The topological polar surface area (TPSA) is 29.9 Å². The van der Waals surface area contributed by atoms with Crippen molar-refractivity contribution in [2.45, 2.75) is 32.7 Å². The van der Waals surface area contributed by atoms with Crippen LogP contribution in [-0.4, -0.2) is 23.1 Å². The van der Waals surface area contributed by atoms with Crippen LogP contribution in [0.1, 0.15) is 26.6 Å². The summed E-state index contributed by atoms with van der Waals surface area (Å²) in [7, 11) is 1.97. The van der Waals surface area contributed by atoms with Gasteiger partial charge in [0.2, 0.25) is 0 Å². The molecule has 1 N–H and O–H groups in total. The van der Waals surface area contributed by atoms with Gasteiger partial charge in [-0.25, -0.2) is 4.98 Å². The molecule has 13 heavy (non-hydrogen) atoms. The van der Waals surface area contributed by atoms with Crippen molar-refractivity contribution < 1.29 is 0 Å². The average Bonchev–Trinajstić information content (AvgIpc) is 2.47. The molecule has 0 atom stereocenters. The fourth-order valence-electron chi connectivity index (χ4n) is 1.37. The molecule has 1 aromatic heterocycles. The van der Waals surface area contributed by atoms with Gasteiger partial charge in [-0.15, -0.1) is 0 Å². The van der Waals surface area contributed by atoms with E-state index in [1.807, 2.05) is 19.4 Å². The van der Waals surface area contributed by atoms with Crippen LogP contribution in [0.2, 0.25) is 0 Å². The van der Waals surface area contributed by atoms with E-state index in [9.17, 15) is 0 Å². The highest BCUT2D eigenvalue weighted by atomic mass is 15.1. The molecule has 0 aromatic carbocycles. The van der Waals surface area contributed by atoms with E-state index in [-0.39, 0.29) is 5.41 Å². The van der Waals surface area contributed by atoms with Gasteiger partial charge in [0.15, 0.2) is 0 Å². The summed E-state index contributed by atoms with van der Waals surface area (Å²) < 4.78 is 2.20. The highest BCUT2D eigenvalue weighted by Gasteiger charge is 2.18.